The van der Waals surface area contributed by atoms with Crippen LogP contribution in [0, 0.1) is 5.82 Å². The van der Waals surface area contributed by atoms with Gasteiger partial charge in [0, 0.05) is 29.1 Å². The van der Waals surface area contributed by atoms with E-state index in [2.05, 4.69) is 0 Å². The number of nitrogens with zero attached hydrogens (tertiary/aromatic N) is 1. The summed E-state index contributed by atoms with van der Waals surface area (Å²) < 4.78 is 14.5. The van der Waals surface area contributed by atoms with Gasteiger partial charge in [-0.3, -0.25) is 14.4 Å². The summed E-state index contributed by atoms with van der Waals surface area (Å²) in [5.74, 6) is -4.02. The molecule has 0 spiro atoms. The lowest BCUT2D eigenvalue weighted by atomic mass is 9.95. The van der Waals surface area contributed by atoms with Gasteiger partial charge in [-0.1, -0.05) is 29.8 Å². The fourth-order valence-electron chi connectivity index (χ4n) is 3.29. The quantitative estimate of drug-likeness (QED) is 0.424. The Balaban J connectivity index is 2.12. The Kier molecular flexibility index (Phi) is 5.98. The molecule has 6 nitrogen and oxygen atoms in total. The summed E-state index contributed by atoms with van der Waals surface area (Å²) in [7, 11) is 0. The molecule has 150 valence electrons. The lowest BCUT2D eigenvalue weighted by Gasteiger charge is -2.25. The maximum absolute atomic E-state index is 14.5. The van der Waals surface area contributed by atoms with Gasteiger partial charge in [0.25, 0.3) is 11.7 Å². The van der Waals surface area contributed by atoms with Crippen molar-refractivity contribution >= 4 is 35.0 Å². The zero-order valence-electron chi connectivity index (χ0n) is 15.1. The molecule has 1 fully saturated rings. The van der Waals surface area contributed by atoms with E-state index in [1.165, 1.54) is 42.5 Å². The van der Waals surface area contributed by atoms with Crippen LogP contribution in [-0.4, -0.2) is 39.3 Å². The molecule has 1 heterocycles. The second-order valence-electron chi connectivity index (χ2n) is 6.52. The molecule has 3 rings (SSSR count). The maximum atomic E-state index is 14.5. The van der Waals surface area contributed by atoms with Crippen LogP contribution < -0.4 is 0 Å². The van der Waals surface area contributed by atoms with Crippen LogP contribution >= 0.6 is 11.6 Å². The Labute approximate surface area is 170 Å². The molecule has 1 aliphatic heterocycles. The first kappa shape index (κ1) is 20.5. The van der Waals surface area contributed by atoms with Crippen LogP contribution in [0.25, 0.3) is 5.76 Å². The van der Waals surface area contributed by atoms with Crippen molar-refractivity contribution < 1.29 is 29.0 Å². The highest BCUT2D eigenvalue weighted by atomic mass is 35.5. The Hall–Kier alpha value is -3.19. The molecule has 1 atom stereocenters. The van der Waals surface area contributed by atoms with Gasteiger partial charge in [0.2, 0.25) is 0 Å². The van der Waals surface area contributed by atoms with Gasteiger partial charge in [0.05, 0.1) is 11.6 Å². The van der Waals surface area contributed by atoms with Crippen LogP contribution in [-0.2, 0) is 14.4 Å². The third-order valence-electron chi connectivity index (χ3n) is 4.65. The van der Waals surface area contributed by atoms with Crippen LogP contribution in [0.3, 0.4) is 0 Å². The lowest BCUT2D eigenvalue weighted by molar-refractivity contribution is -0.140. The summed E-state index contributed by atoms with van der Waals surface area (Å²) >= 11 is 5.85. The van der Waals surface area contributed by atoms with Gasteiger partial charge >= 0.3 is 5.97 Å². The zero-order valence-corrected chi connectivity index (χ0v) is 15.9. The van der Waals surface area contributed by atoms with E-state index in [0.29, 0.717) is 5.02 Å². The Bertz CT molecular complexity index is 1000. The summed E-state index contributed by atoms with van der Waals surface area (Å²) in [6.07, 6.45) is -0.140. The number of amides is 1. The number of hydrogen-bond donors (Lipinski definition) is 2. The molecular weight excluding hydrogens is 401 g/mol. The number of likely N-dealkylation sites (tertiary alicyclic amines) is 1. The van der Waals surface area contributed by atoms with Gasteiger partial charge in [-0.05, 0) is 36.8 Å². The van der Waals surface area contributed by atoms with Crippen molar-refractivity contribution in [2.45, 2.75) is 18.9 Å². The van der Waals surface area contributed by atoms with Crippen molar-refractivity contribution in [1.29, 1.82) is 0 Å². The third-order valence-corrected chi connectivity index (χ3v) is 4.90. The summed E-state index contributed by atoms with van der Waals surface area (Å²) in [5, 5.41) is 20.0. The Morgan fingerprint density at radius 3 is 2.34 bits per heavy atom. The Morgan fingerprint density at radius 2 is 1.72 bits per heavy atom. The smallest absolute Gasteiger partial charge is 0.303 e. The highest BCUT2D eigenvalue weighted by Gasteiger charge is 2.46. The molecule has 8 heteroatoms. The first-order chi connectivity index (χ1) is 13.8. The number of halogens is 2. The number of rotatable bonds is 6. The number of carbonyl (C=O) groups is 3. The van der Waals surface area contributed by atoms with E-state index in [0.717, 1.165) is 4.90 Å². The van der Waals surface area contributed by atoms with E-state index in [1.807, 2.05) is 0 Å². The first-order valence-electron chi connectivity index (χ1n) is 8.82. The van der Waals surface area contributed by atoms with Crippen molar-refractivity contribution in [1.82, 2.24) is 4.90 Å². The lowest BCUT2D eigenvalue weighted by Crippen LogP contribution is -2.31. The molecule has 1 amide bonds. The molecule has 1 saturated heterocycles. The third kappa shape index (κ3) is 4.14. The summed E-state index contributed by atoms with van der Waals surface area (Å²) in [6, 6.07) is 10.4. The Morgan fingerprint density at radius 1 is 1.07 bits per heavy atom. The fourth-order valence-corrected chi connectivity index (χ4v) is 3.42. The minimum absolute atomic E-state index is 0.0394. The number of hydrogen-bond acceptors (Lipinski definition) is 4. The number of benzene rings is 2. The van der Waals surface area contributed by atoms with E-state index in [-0.39, 0.29) is 36.1 Å². The number of carboxylic acids is 1. The van der Waals surface area contributed by atoms with Crippen LogP contribution in [0.2, 0.25) is 5.02 Å². The molecule has 0 bridgehead atoms. The second-order valence-corrected chi connectivity index (χ2v) is 6.95. The van der Waals surface area contributed by atoms with Gasteiger partial charge in [-0.25, -0.2) is 4.39 Å². The van der Waals surface area contributed by atoms with Crippen LogP contribution in [0.1, 0.15) is 30.0 Å². The largest absolute Gasteiger partial charge is 0.507 e. The predicted octanol–water partition coefficient (Wildman–Crippen LogP) is 3.77. The van der Waals surface area contributed by atoms with Crippen LogP contribution in [0.5, 0.6) is 0 Å². The predicted molar refractivity (Wildman–Crippen MR) is 104 cm³/mol. The average molecular weight is 418 g/mol. The van der Waals surface area contributed by atoms with Gasteiger partial charge in [-0.15, -0.1) is 0 Å². The maximum Gasteiger partial charge on any atom is 0.303 e. The SMILES string of the molecule is O=C(O)CCCN1C(=O)C(=O)/C(=C(/O)c2ccc(Cl)cc2)[C@@H]1c1ccccc1F. The first-order valence-corrected chi connectivity index (χ1v) is 9.19. The minimum atomic E-state index is -1.17. The molecule has 1 aliphatic rings. The molecule has 2 N–H and O–H groups in total. The molecule has 0 aliphatic carbocycles. The molecule has 2 aromatic rings. The fraction of sp³-hybridized carbons (Fsp3) is 0.190. The van der Waals surface area contributed by atoms with E-state index in [1.54, 1.807) is 6.07 Å². The number of carboxylic acid groups (broad SMARTS) is 1. The number of carbonyl (C=O) groups excluding carboxylic acids is 2. The van der Waals surface area contributed by atoms with Gasteiger partial charge < -0.3 is 15.1 Å². The molecular formula is C21H17ClFNO5. The number of aliphatic hydroxyl groups is 1. The number of aliphatic hydroxyl groups excluding tert-OH is 1. The monoisotopic (exact) mass is 417 g/mol. The molecule has 2 aromatic carbocycles. The highest BCUT2D eigenvalue weighted by Crippen LogP contribution is 2.40. The molecule has 0 aromatic heterocycles. The molecule has 0 saturated carbocycles. The second kappa shape index (κ2) is 8.45. The van der Waals surface area contributed by atoms with Crippen molar-refractivity contribution in [3.05, 3.63) is 76.1 Å². The normalized spacial score (nSPS) is 18.3. The van der Waals surface area contributed by atoms with Crippen molar-refractivity contribution in [2.75, 3.05) is 6.54 Å². The van der Waals surface area contributed by atoms with Crippen LogP contribution in [0.15, 0.2) is 54.1 Å². The zero-order chi connectivity index (χ0) is 21.1. The summed E-state index contributed by atoms with van der Waals surface area (Å²) in [5.41, 5.74) is 0.0366. The van der Waals surface area contributed by atoms with E-state index in [4.69, 9.17) is 16.7 Å². The standard InChI is InChI=1S/C21H17ClFNO5/c22-13-9-7-12(8-10-13)19(27)17-18(14-4-1-2-5-15(14)23)24(21(29)20(17)28)11-3-6-16(25)26/h1-2,4-5,7-10,18,27H,3,6,11H2,(H,25,26)/b19-17+/t18-/m0/s1. The number of ketones is 1. The molecule has 0 radical (unpaired) electrons. The van der Waals surface area contributed by atoms with E-state index >= 15 is 0 Å². The van der Waals surface area contributed by atoms with Crippen molar-refractivity contribution in [3.63, 3.8) is 0 Å². The van der Waals surface area contributed by atoms with Crippen LogP contribution in [0.4, 0.5) is 4.39 Å². The number of Topliss-reactive ketones (excluding diaryl/α,β-unsaturated/α-hetero) is 1. The number of aliphatic carboxylic acids is 1. The van der Waals surface area contributed by atoms with Crippen molar-refractivity contribution in [2.24, 2.45) is 0 Å². The minimum Gasteiger partial charge on any atom is -0.507 e. The van der Waals surface area contributed by atoms with E-state index in [9.17, 15) is 23.9 Å². The van der Waals surface area contributed by atoms with Crippen molar-refractivity contribution in [3.8, 4) is 0 Å². The van der Waals surface area contributed by atoms with Gasteiger partial charge in [0.1, 0.15) is 11.6 Å². The topological polar surface area (TPSA) is 94.9 Å². The van der Waals surface area contributed by atoms with Gasteiger partial charge in [-0.2, -0.15) is 0 Å². The summed E-state index contributed by atoms with van der Waals surface area (Å²) in [4.78, 5) is 37.3. The molecule has 0 unspecified atom stereocenters. The highest BCUT2D eigenvalue weighted by molar-refractivity contribution is 6.46. The summed E-state index contributed by atoms with van der Waals surface area (Å²) in [6.45, 7) is -0.0761. The van der Waals surface area contributed by atoms with E-state index < -0.39 is 35.3 Å². The molecule has 29 heavy (non-hydrogen) atoms. The average Bonchev–Trinajstić information content (AvgIpc) is 2.93. The van der Waals surface area contributed by atoms with Gasteiger partial charge in [0.15, 0.2) is 0 Å².